The van der Waals surface area contributed by atoms with Crippen LogP contribution in [0.4, 0.5) is 4.79 Å². The van der Waals surface area contributed by atoms with Crippen molar-refractivity contribution in [3.8, 4) is 0 Å². The lowest BCUT2D eigenvalue weighted by Gasteiger charge is -2.18. The third-order valence-electron chi connectivity index (χ3n) is 2.75. The number of hydrogen-bond acceptors (Lipinski definition) is 6. The lowest BCUT2D eigenvalue weighted by atomic mass is 10.4. The Balaban J connectivity index is 1.95. The summed E-state index contributed by atoms with van der Waals surface area (Å²) in [4.78, 5) is 17.4. The van der Waals surface area contributed by atoms with Crippen molar-refractivity contribution in [3.05, 3.63) is 0 Å². The fourth-order valence-electron chi connectivity index (χ4n) is 1.90. The van der Waals surface area contributed by atoms with Gasteiger partial charge in [-0.3, -0.25) is 9.89 Å². The number of carbonyl (C=O) groups is 1. The molecule has 8 heteroatoms. The van der Waals surface area contributed by atoms with Crippen molar-refractivity contribution in [1.82, 2.24) is 4.90 Å². The number of amidine groups is 1. The van der Waals surface area contributed by atoms with Gasteiger partial charge in [-0.05, 0) is 13.3 Å². The van der Waals surface area contributed by atoms with Crippen LogP contribution < -0.4 is 0 Å². The molecule has 1 saturated heterocycles. The van der Waals surface area contributed by atoms with E-state index < -0.39 is 15.9 Å². The quantitative estimate of drug-likeness (QED) is 0.750. The monoisotopic (exact) mass is 292 g/mol. The average Bonchev–Trinajstić information content (AvgIpc) is 2.86. The maximum absolute atomic E-state index is 11.6. The third kappa shape index (κ3) is 3.17. The second-order valence-corrected chi connectivity index (χ2v) is 7.65. The molecule has 18 heavy (non-hydrogen) atoms. The minimum atomic E-state index is -2.90. The van der Waals surface area contributed by atoms with Crippen LogP contribution in [0.3, 0.4) is 0 Å². The zero-order valence-corrected chi connectivity index (χ0v) is 11.8. The molecular weight excluding hydrogens is 276 g/mol. The van der Waals surface area contributed by atoms with E-state index in [4.69, 9.17) is 4.74 Å². The molecule has 0 bridgehead atoms. The van der Waals surface area contributed by atoms with Gasteiger partial charge in [0.1, 0.15) is 0 Å². The van der Waals surface area contributed by atoms with E-state index in [2.05, 4.69) is 4.99 Å². The van der Waals surface area contributed by atoms with Crippen molar-refractivity contribution in [2.24, 2.45) is 4.99 Å². The molecule has 2 aliphatic rings. The van der Waals surface area contributed by atoms with E-state index in [1.54, 1.807) is 6.92 Å². The molecule has 6 nitrogen and oxygen atoms in total. The molecule has 1 fully saturated rings. The van der Waals surface area contributed by atoms with E-state index >= 15 is 0 Å². The van der Waals surface area contributed by atoms with Crippen LogP contribution in [0.25, 0.3) is 0 Å². The Kier molecular flexibility index (Phi) is 4.16. The molecule has 0 aromatic heterocycles. The van der Waals surface area contributed by atoms with Crippen molar-refractivity contribution in [1.29, 1.82) is 0 Å². The van der Waals surface area contributed by atoms with E-state index in [1.165, 1.54) is 16.7 Å². The molecule has 0 aromatic rings. The molecule has 0 spiro atoms. The zero-order valence-electron chi connectivity index (χ0n) is 10.2. The topological polar surface area (TPSA) is 76.0 Å². The van der Waals surface area contributed by atoms with E-state index in [9.17, 15) is 13.2 Å². The number of nitrogens with zero attached hydrogens (tertiary/aromatic N) is 2. The first-order chi connectivity index (χ1) is 8.52. The van der Waals surface area contributed by atoms with Gasteiger partial charge in [0.25, 0.3) is 0 Å². The van der Waals surface area contributed by atoms with Crippen LogP contribution in [-0.2, 0) is 14.6 Å². The predicted molar refractivity (Wildman–Crippen MR) is 70.7 cm³/mol. The maximum Gasteiger partial charge on any atom is 0.415 e. The van der Waals surface area contributed by atoms with Crippen LogP contribution in [-0.4, -0.2) is 61.0 Å². The Morgan fingerprint density at radius 2 is 2.39 bits per heavy atom. The molecule has 1 amide bonds. The van der Waals surface area contributed by atoms with Crippen molar-refractivity contribution < 1.29 is 17.9 Å². The van der Waals surface area contributed by atoms with Crippen molar-refractivity contribution in [2.45, 2.75) is 18.6 Å². The zero-order chi connectivity index (χ0) is 13.2. The Morgan fingerprint density at radius 1 is 1.61 bits per heavy atom. The van der Waals surface area contributed by atoms with Crippen LogP contribution in [0.1, 0.15) is 13.3 Å². The molecule has 0 aliphatic carbocycles. The van der Waals surface area contributed by atoms with Crippen molar-refractivity contribution >= 4 is 32.9 Å². The van der Waals surface area contributed by atoms with Crippen molar-refractivity contribution in [2.75, 3.05) is 31.2 Å². The number of rotatable bonds is 2. The lowest BCUT2D eigenvalue weighted by Crippen LogP contribution is -2.34. The van der Waals surface area contributed by atoms with Gasteiger partial charge in [-0.15, -0.1) is 0 Å². The first kappa shape index (κ1) is 13.7. The number of hydrogen-bond donors (Lipinski definition) is 0. The van der Waals surface area contributed by atoms with Gasteiger partial charge in [0.05, 0.1) is 31.2 Å². The minimum absolute atomic E-state index is 0.00350. The molecule has 2 heterocycles. The molecule has 102 valence electrons. The van der Waals surface area contributed by atoms with E-state index in [1.807, 2.05) is 0 Å². The Labute approximate surface area is 111 Å². The summed E-state index contributed by atoms with van der Waals surface area (Å²) in [5, 5.41) is 0.597. The molecule has 0 N–H and O–H groups in total. The normalized spacial score (nSPS) is 26.2. The highest BCUT2D eigenvalue weighted by Crippen LogP contribution is 2.28. The number of carbonyl (C=O) groups excluding carboxylic acids is 1. The average molecular weight is 292 g/mol. The van der Waals surface area contributed by atoms with E-state index in [0.717, 1.165) is 0 Å². The summed E-state index contributed by atoms with van der Waals surface area (Å²) in [6.45, 7) is 3.15. The van der Waals surface area contributed by atoms with Gasteiger partial charge < -0.3 is 4.74 Å². The van der Waals surface area contributed by atoms with Crippen LogP contribution in [0.15, 0.2) is 4.99 Å². The van der Waals surface area contributed by atoms with Gasteiger partial charge in [0.2, 0.25) is 0 Å². The van der Waals surface area contributed by atoms with Crippen molar-refractivity contribution in [3.63, 3.8) is 0 Å². The van der Waals surface area contributed by atoms with Gasteiger partial charge in [0.15, 0.2) is 15.0 Å². The summed E-state index contributed by atoms with van der Waals surface area (Å²) < 4.78 is 27.7. The second-order valence-electron chi connectivity index (χ2n) is 4.16. The SMILES string of the molecule is CCOC(=O)N1CCN=C1SC1CCS(=O)(=O)C1. The van der Waals surface area contributed by atoms with Crippen LogP contribution in [0.5, 0.6) is 0 Å². The third-order valence-corrected chi connectivity index (χ3v) is 6.03. The number of ether oxygens (including phenoxy) is 1. The summed E-state index contributed by atoms with van der Waals surface area (Å²) in [5.74, 6) is 0.407. The first-order valence-electron chi connectivity index (χ1n) is 5.87. The molecule has 0 radical (unpaired) electrons. The Hall–Kier alpha value is -0.760. The maximum atomic E-state index is 11.6. The fraction of sp³-hybridized carbons (Fsp3) is 0.800. The highest BCUT2D eigenvalue weighted by atomic mass is 32.2. The second kappa shape index (κ2) is 5.48. The molecular formula is C10H16N2O4S2. The molecule has 0 saturated carbocycles. The predicted octanol–water partition coefficient (Wildman–Crippen LogP) is 0.735. The van der Waals surface area contributed by atoms with Gasteiger partial charge in [-0.1, -0.05) is 11.8 Å². The minimum Gasteiger partial charge on any atom is -0.449 e. The van der Waals surface area contributed by atoms with Gasteiger partial charge in [0, 0.05) is 5.25 Å². The highest BCUT2D eigenvalue weighted by molar-refractivity contribution is 8.15. The number of aliphatic imine (C=N–C) groups is 1. The van der Waals surface area contributed by atoms with Gasteiger partial charge in [-0.2, -0.15) is 0 Å². The fourth-order valence-corrected chi connectivity index (χ4v) is 5.48. The number of amides is 1. The first-order valence-corrected chi connectivity index (χ1v) is 8.58. The standard InChI is InChI=1S/C10H16N2O4S2/c1-2-16-10(13)12-5-4-11-9(12)17-8-3-6-18(14,15)7-8/h8H,2-7H2,1H3. The molecule has 1 atom stereocenters. The summed E-state index contributed by atoms with van der Waals surface area (Å²) in [5.41, 5.74) is 0. The van der Waals surface area contributed by atoms with Crippen LogP contribution >= 0.6 is 11.8 Å². The lowest BCUT2D eigenvalue weighted by molar-refractivity contribution is 0.131. The summed E-state index contributed by atoms with van der Waals surface area (Å²) >= 11 is 1.38. The Morgan fingerprint density at radius 3 is 3.00 bits per heavy atom. The summed E-state index contributed by atoms with van der Waals surface area (Å²) in [6.07, 6.45) is 0.227. The number of sulfone groups is 1. The number of thioether (sulfide) groups is 1. The van der Waals surface area contributed by atoms with Crippen LogP contribution in [0.2, 0.25) is 0 Å². The van der Waals surface area contributed by atoms with Crippen LogP contribution in [0, 0.1) is 0 Å². The summed E-state index contributed by atoms with van der Waals surface area (Å²) in [7, 11) is -2.90. The highest BCUT2D eigenvalue weighted by Gasteiger charge is 2.33. The van der Waals surface area contributed by atoms with Gasteiger partial charge in [-0.25, -0.2) is 13.2 Å². The molecule has 2 rings (SSSR count). The van der Waals surface area contributed by atoms with Gasteiger partial charge >= 0.3 is 6.09 Å². The smallest absolute Gasteiger partial charge is 0.415 e. The van der Waals surface area contributed by atoms with E-state index in [-0.39, 0.29) is 16.8 Å². The largest absolute Gasteiger partial charge is 0.449 e. The molecule has 1 unspecified atom stereocenters. The Bertz CT molecular complexity index is 460. The molecule has 2 aliphatic heterocycles. The summed E-state index contributed by atoms with van der Waals surface area (Å²) in [6, 6.07) is 0. The molecule has 0 aromatic carbocycles. The van der Waals surface area contributed by atoms with E-state index in [0.29, 0.717) is 31.3 Å².